The number of fused-ring (bicyclic) bond motifs is 1. The van der Waals surface area contributed by atoms with Crippen LogP contribution in [0.5, 0.6) is 0 Å². The van der Waals surface area contributed by atoms with Crippen LogP contribution in [0.25, 0.3) is 0 Å². The molecule has 1 saturated heterocycles. The molecule has 8 nitrogen and oxygen atoms in total. The van der Waals surface area contributed by atoms with Crippen LogP contribution in [0.3, 0.4) is 0 Å². The number of nitrogens with zero attached hydrogens (tertiary/aromatic N) is 3. The third kappa shape index (κ3) is 2.70. The van der Waals surface area contributed by atoms with Crippen LogP contribution in [0.2, 0.25) is 0 Å². The van der Waals surface area contributed by atoms with Crippen LogP contribution >= 0.6 is 11.8 Å². The fourth-order valence-electron chi connectivity index (χ4n) is 2.95. The number of carbonyl (C=O) groups is 2. The van der Waals surface area contributed by atoms with Gasteiger partial charge in [-0.05, 0) is 19.9 Å². The number of nitro groups is 1. The summed E-state index contributed by atoms with van der Waals surface area (Å²) in [6.45, 7) is 3.36. The van der Waals surface area contributed by atoms with Gasteiger partial charge in [0.15, 0.2) is 5.17 Å². The second kappa shape index (κ2) is 6.32. The maximum Gasteiger partial charge on any atom is 0.338 e. The van der Waals surface area contributed by atoms with Gasteiger partial charge in [0.05, 0.1) is 34.1 Å². The topological polar surface area (TPSA) is 102 Å². The zero-order valence-corrected chi connectivity index (χ0v) is 14.6. The van der Waals surface area contributed by atoms with Crippen LogP contribution in [0.1, 0.15) is 25.5 Å². The summed E-state index contributed by atoms with van der Waals surface area (Å²) in [5.41, 5.74) is 0.599. The minimum absolute atomic E-state index is 0.128. The van der Waals surface area contributed by atoms with Gasteiger partial charge in [-0.25, -0.2) is 9.79 Å². The first-order chi connectivity index (χ1) is 11.9. The Balaban J connectivity index is 2.26. The molecule has 0 bridgehead atoms. The highest BCUT2D eigenvalue weighted by Gasteiger charge is 2.47. The number of amides is 1. The van der Waals surface area contributed by atoms with Gasteiger partial charge in [-0.1, -0.05) is 23.9 Å². The van der Waals surface area contributed by atoms with E-state index in [-0.39, 0.29) is 28.0 Å². The standard InChI is InChI=1S/C16H15N3O5S/c1-8-12(15(21)24-3)13(10-6-4-5-7-11(10)19(22)23)18-14(20)9(2)25-16(18)17-8/h4-7,9,13H,1-3H3. The van der Waals surface area contributed by atoms with Crippen molar-refractivity contribution in [2.75, 3.05) is 7.11 Å². The summed E-state index contributed by atoms with van der Waals surface area (Å²) in [4.78, 5) is 41.6. The lowest BCUT2D eigenvalue weighted by molar-refractivity contribution is -0.385. The Bertz CT molecular complexity index is 848. The predicted octanol–water partition coefficient (Wildman–Crippen LogP) is 2.42. The number of thioether (sulfide) groups is 1. The van der Waals surface area contributed by atoms with Crippen molar-refractivity contribution >= 4 is 34.5 Å². The van der Waals surface area contributed by atoms with Crippen molar-refractivity contribution in [1.29, 1.82) is 0 Å². The molecule has 2 atom stereocenters. The molecule has 0 spiro atoms. The summed E-state index contributed by atoms with van der Waals surface area (Å²) >= 11 is 1.27. The van der Waals surface area contributed by atoms with E-state index in [9.17, 15) is 19.7 Å². The molecule has 1 fully saturated rings. The van der Waals surface area contributed by atoms with E-state index < -0.39 is 16.9 Å². The molecule has 1 aromatic carbocycles. The minimum atomic E-state index is -0.938. The van der Waals surface area contributed by atoms with Crippen LogP contribution in [0.4, 0.5) is 5.69 Å². The highest BCUT2D eigenvalue weighted by Crippen LogP contribution is 2.45. The number of para-hydroxylation sites is 1. The second-order valence-electron chi connectivity index (χ2n) is 5.57. The molecular weight excluding hydrogens is 346 g/mol. The number of esters is 1. The summed E-state index contributed by atoms with van der Waals surface area (Å²) in [6, 6.07) is 5.13. The Hall–Kier alpha value is -2.68. The Morgan fingerprint density at radius 1 is 1.40 bits per heavy atom. The number of rotatable bonds is 3. The van der Waals surface area contributed by atoms with Crippen LogP contribution < -0.4 is 0 Å². The molecule has 2 heterocycles. The molecule has 0 aromatic heterocycles. The summed E-state index contributed by atoms with van der Waals surface area (Å²) in [6.07, 6.45) is 0. The third-order valence-corrected chi connectivity index (χ3v) is 5.15. The summed E-state index contributed by atoms with van der Waals surface area (Å²) in [7, 11) is 1.22. The van der Waals surface area contributed by atoms with Gasteiger partial charge in [0, 0.05) is 6.07 Å². The fourth-order valence-corrected chi connectivity index (χ4v) is 3.98. The van der Waals surface area contributed by atoms with Gasteiger partial charge in [0.1, 0.15) is 6.04 Å². The lowest BCUT2D eigenvalue weighted by atomic mass is 9.93. The molecule has 2 aliphatic heterocycles. The van der Waals surface area contributed by atoms with Gasteiger partial charge in [0.2, 0.25) is 5.91 Å². The van der Waals surface area contributed by atoms with E-state index >= 15 is 0 Å². The van der Waals surface area contributed by atoms with Crippen molar-refractivity contribution in [2.24, 2.45) is 4.99 Å². The van der Waals surface area contributed by atoms with E-state index in [1.807, 2.05) is 0 Å². The lowest BCUT2D eigenvalue weighted by Gasteiger charge is -2.32. The summed E-state index contributed by atoms with van der Waals surface area (Å²) in [5, 5.41) is 11.5. The Kier molecular flexibility index (Phi) is 4.34. The number of allylic oxidation sites excluding steroid dienone is 1. The van der Waals surface area contributed by atoms with E-state index in [4.69, 9.17) is 4.74 Å². The number of benzene rings is 1. The smallest absolute Gasteiger partial charge is 0.338 e. The van der Waals surface area contributed by atoms with E-state index in [0.29, 0.717) is 10.9 Å². The summed E-state index contributed by atoms with van der Waals surface area (Å²) < 4.78 is 4.84. The maximum absolute atomic E-state index is 12.6. The Morgan fingerprint density at radius 2 is 2.08 bits per heavy atom. The van der Waals surface area contributed by atoms with Gasteiger partial charge >= 0.3 is 5.97 Å². The molecule has 1 aromatic rings. The molecule has 0 radical (unpaired) electrons. The first kappa shape index (κ1) is 17.2. The Labute approximate surface area is 147 Å². The highest BCUT2D eigenvalue weighted by atomic mass is 32.2. The number of hydrogen-bond donors (Lipinski definition) is 0. The normalized spacial score (nSPS) is 22.6. The average molecular weight is 361 g/mol. The van der Waals surface area contributed by atoms with Gasteiger partial charge in [-0.2, -0.15) is 0 Å². The maximum atomic E-state index is 12.6. The number of amidine groups is 1. The molecule has 9 heteroatoms. The van der Waals surface area contributed by atoms with Crippen molar-refractivity contribution in [1.82, 2.24) is 4.90 Å². The van der Waals surface area contributed by atoms with Crippen LogP contribution in [-0.2, 0) is 14.3 Å². The number of carbonyl (C=O) groups excluding carboxylic acids is 2. The van der Waals surface area contributed by atoms with Crippen LogP contribution in [-0.4, -0.2) is 39.2 Å². The molecule has 25 heavy (non-hydrogen) atoms. The number of ether oxygens (including phenoxy) is 1. The molecular formula is C16H15N3O5S. The quantitative estimate of drug-likeness (QED) is 0.465. The number of nitro benzene ring substituents is 1. The van der Waals surface area contributed by atoms with Crippen LogP contribution in [0.15, 0.2) is 40.5 Å². The number of aliphatic imine (C=N–C) groups is 1. The first-order valence-corrected chi connectivity index (χ1v) is 8.35. The van der Waals surface area contributed by atoms with Crippen molar-refractivity contribution in [3.63, 3.8) is 0 Å². The van der Waals surface area contributed by atoms with Crippen molar-refractivity contribution in [3.8, 4) is 0 Å². The van der Waals surface area contributed by atoms with Gasteiger partial charge < -0.3 is 4.74 Å². The molecule has 1 amide bonds. The van der Waals surface area contributed by atoms with E-state index in [1.54, 1.807) is 26.0 Å². The number of hydrogen-bond acceptors (Lipinski definition) is 7. The van der Waals surface area contributed by atoms with Gasteiger partial charge in [0.25, 0.3) is 5.69 Å². The zero-order chi connectivity index (χ0) is 18.3. The largest absolute Gasteiger partial charge is 0.466 e. The average Bonchev–Trinajstić information content (AvgIpc) is 2.87. The second-order valence-corrected chi connectivity index (χ2v) is 6.88. The molecule has 0 N–H and O–H groups in total. The lowest BCUT2D eigenvalue weighted by Crippen LogP contribution is -2.40. The molecule has 2 unspecified atom stereocenters. The zero-order valence-electron chi connectivity index (χ0n) is 13.8. The summed E-state index contributed by atoms with van der Waals surface area (Å²) in [5.74, 6) is -0.915. The van der Waals surface area contributed by atoms with E-state index in [2.05, 4.69) is 4.99 Å². The predicted molar refractivity (Wildman–Crippen MR) is 91.9 cm³/mol. The van der Waals surface area contributed by atoms with Crippen molar-refractivity contribution in [2.45, 2.75) is 25.1 Å². The van der Waals surface area contributed by atoms with E-state index in [0.717, 1.165) is 0 Å². The highest BCUT2D eigenvalue weighted by molar-refractivity contribution is 8.15. The third-order valence-electron chi connectivity index (χ3n) is 4.09. The first-order valence-electron chi connectivity index (χ1n) is 7.47. The fraction of sp³-hybridized carbons (Fsp3) is 0.312. The molecule has 2 aliphatic rings. The SMILES string of the molecule is COC(=O)C1=C(C)N=C2SC(C)C(=O)N2C1c1ccccc1[N+](=O)[O-]. The minimum Gasteiger partial charge on any atom is -0.466 e. The molecule has 130 valence electrons. The molecule has 0 saturated carbocycles. The van der Waals surface area contributed by atoms with E-state index in [1.165, 1.54) is 35.9 Å². The van der Waals surface area contributed by atoms with Gasteiger partial charge in [-0.3, -0.25) is 19.8 Å². The van der Waals surface area contributed by atoms with Crippen LogP contribution in [0, 0.1) is 10.1 Å². The molecule has 3 rings (SSSR count). The van der Waals surface area contributed by atoms with Crippen molar-refractivity contribution < 1.29 is 19.2 Å². The van der Waals surface area contributed by atoms with Crippen molar-refractivity contribution in [3.05, 3.63) is 51.2 Å². The molecule has 0 aliphatic carbocycles. The number of methoxy groups -OCH3 is 1. The Morgan fingerprint density at radius 3 is 2.72 bits per heavy atom. The van der Waals surface area contributed by atoms with Gasteiger partial charge in [-0.15, -0.1) is 0 Å². The monoisotopic (exact) mass is 361 g/mol.